The predicted octanol–water partition coefficient (Wildman–Crippen LogP) is 5.64. The Morgan fingerprint density at radius 3 is 2.18 bits per heavy atom. The summed E-state index contributed by atoms with van der Waals surface area (Å²) in [5.41, 5.74) is 7.64. The highest BCUT2D eigenvalue weighted by Gasteiger charge is 2.30. The van der Waals surface area contributed by atoms with E-state index in [4.69, 9.17) is 5.73 Å². The standard InChI is InChI=1S/C29H30F4N6/c1-37-10-12-38(13-11-37)18-3-5-19(6-4-18)39-15-22(25-28(34)35-16-36-29(25)39)17-2-7-20(24(31)14-17)21-8-9-23(30)27(33)26(21)32/h2,7-9,14-16,18-19H,3-6,10-13H2,1H3,(H2,34,35,36). The highest BCUT2D eigenvalue weighted by atomic mass is 19.2. The molecule has 0 unspecified atom stereocenters. The second-order valence-electron chi connectivity index (χ2n) is 10.6. The Balaban J connectivity index is 1.31. The lowest BCUT2D eigenvalue weighted by Crippen LogP contribution is -2.49. The van der Waals surface area contributed by atoms with Gasteiger partial charge in [-0.15, -0.1) is 0 Å². The highest BCUT2D eigenvalue weighted by molar-refractivity contribution is 6.00. The van der Waals surface area contributed by atoms with Gasteiger partial charge >= 0.3 is 0 Å². The third-order valence-electron chi connectivity index (χ3n) is 8.36. The van der Waals surface area contributed by atoms with E-state index in [1.165, 1.54) is 18.5 Å². The van der Waals surface area contributed by atoms with Crippen molar-refractivity contribution >= 4 is 16.9 Å². The number of halogens is 4. The fourth-order valence-corrected chi connectivity index (χ4v) is 6.13. The first kappa shape index (κ1) is 25.8. The molecule has 1 aliphatic heterocycles. The van der Waals surface area contributed by atoms with E-state index < -0.39 is 23.3 Å². The van der Waals surface area contributed by atoms with Crippen LogP contribution >= 0.6 is 0 Å². The Labute approximate surface area is 224 Å². The Morgan fingerprint density at radius 1 is 0.769 bits per heavy atom. The van der Waals surface area contributed by atoms with Crippen LogP contribution in [0.4, 0.5) is 23.4 Å². The predicted molar refractivity (Wildman–Crippen MR) is 143 cm³/mol. The molecule has 1 saturated heterocycles. The van der Waals surface area contributed by atoms with Crippen LogP contribution in [-0.4, -0.2) is 63.6 Å². The molecule has 0 radical (unpaired) electrons. The van der Waals surface area contributed by atoms with E-state index >= 15 is 4.39 Å². The Morgan fingerprint density at radius 2 is 1.46 bits per heavy atom. The van der Waals surface area contributed by atoms with Crippen molar-refractivity contribution in [3.63, 3.8) is 0 Å². The van der Waals surface area contributed by atoms with E-state index in [0.717, 1.165) is 64.0 Å². The first-order chi connectivity index (χ1) is 18.8. The maximum atomic E-state index is 15.3. The summed E-state index contributed by atoms with van der Waals surface area (Å²) >= 11 is 0. The molecule has 0 amide bonds. The molecule has 0 spiro atoms. The van der Waals surface area contributed by atoms with E-state index in [1.54, 1.807) is 6.07 Å². The largest absolute Gasteiger partial charge is 0.383 e. The van der Waals surface area contributed by atoms with Crippen LogP contribution in [0.15, 0.2) is 42.9 Å². The van der Waals surface area contributed by atoms with Crippen molar-refractivity contribution < 1.29 is 17.6 Å². The lowest BCUT2D eigenvalue weighted by atomic mass is 9.89. The van der Waals surface area contributed by atoms with Gasteiger partial charge in [-0.1, -0.05) is 12.1 Å². The summed E-state index contributed by atoms with van der Waals surface area (Å²) in [6, 6.07) is 6.85. The number of benzene rings is 2. The molecular formula is C29H30F4N6. The van der Waals surface area contributed by atoms with E-state index in [2.05, 4.69) is 31.4 Å². The molecule has 0 atom stereocenters. The molecule has 2 aromatic carbocycles. The van der Waals surface area contributed by atoms with Gasteiger partial charge in [0, 0.05) is 61.1 Å². The minimum absolute atomic E-state index is 0.162. The van der Waals surface area contributed by atoms with Crippen LogP contribution in [0.25, 0.3) is 33.3 Å². The first-order valence-corrected chi connectivity index (χ1v) is 13.3. The van der Waals surface area contributed by atoms with Gasteiger partial charge < -0.3 is 15.2 Å². The molecule has 2 aliphatic rings. The second kappa shape index (κ2) is 10.2. The quantitative estimate of drug-likeness (QED) is 0.269. The molecule has 4 aromatic rings. The van der Waals surface area contributed by atoms with Crippen molar-refractivity contribution in [3.05, 3.63) is 66.1 Å². The molecule has 2 fully saturated rings. The van der Waals surface area contributed by atoms with Crippen LogP contribution in [0.3, 0.4) is 0 Å². The van der Waals surface area contributed by atoms with Crippen molar-refractivity contribution in [2.24, 2.45) is 0 Å². The molecule has 0 bridgehead atoms. The molecule has 2 aromatic heterocycles. The highest BCUT2D eigenvalue weighted by Crippen LogP contribution is 2.40. The number of hydrogen-bond acceptors (Lipinski definition) is 5. The number of hydrogen-bond donors (Lipinski definition) is 1. The normalized spacial score (nSPS) is 21.1. The Kier molecular flexibility index (Phi) is 6.76. The minimum Gasteiger partial charge on any atom is -0.383 e. The van der Waals surface area contributed by atoms with Crippen molar-refractivity contribution in [1.82, 2.24) is 24.3 Å². The third-order valence-corrected chi connectivity index (χ3v) is 8.36. The van der Waals surface area contributed by atoms with Gasteiger partial charge in [0.15, 0.2) is 17.5 Å². The van der Waals surface area contributed by atoms with Crippen LogP contribution in [0, 0.1) is 23.3 Å². The molecule has 39 heavy (non-hydrogen) atoms. The number of fused-ring (bicyclic) bond motifs is 1. The van der Waals surface area contributed by atoms with Gasteiger partial charge in [0.2, 0.25) is 0 Å². The van der Waals surface area contributed by atoms with Gasteiger partial charge in [-0.05, 0) is 56.5 Å². The fraction of sp³-hybridized carbons (Fsp3) is 0.379. The van der Waals surface area contributed by atoms with E-state index in [1.807, 2.05) is 6.20 Å². The van der Waals surface area contributed by atoms with Crippen LogP contribution < -0.4 is 5.73 Å². The summed E-state index contributed by atoms with van der Waals surface area (Å²) in [6.07, 6.45) is 7.55. The van der Waals surface area contributed by atoms with E-state index in [-0.39, 0.29) is 23.0 Å². The van der Waals surface area contributed by atoms with Crippen molar-refractivity contribution in [3.8, 4) is 22.3 Å². The number of likely N-dealkylation sites (N-methyl/N-ethyl adjacent to an activating group) is 1. The number of nitrogens with two attached hydrogens (primary N) is 1. The van der Waals surface area contributed by atoms with Crippen molar-refractivity contribution in [2.45, 2.75) is 37.8 Å². The molecule has 3 heterocycles. The van der Waals surface area contributed by atoms with Crippen LogP contribution in [0.2, 0.25) is 0 Å². The van der Waals surface area contributed by atoms with Gasteiger partial charge in [0.1, 0.15) is 23.6 Å². The fourth-order valence-electron chi connectivity index (χ4n) is 6.13. The average Bonchev–Trinajstić information content (AvgIpc) is 3.34. The maximum absolute atomic E-state index is 15.3. The topological polar surface area (TPSA) is 63.2 Å². The van der Waals surface area contributed by atoms with Crippen molar-refractivity contribution in [2.75, 3.05) is 39.0 Å². The smallest absolute Gasteiger partial charge is 0.195 e. The summed E-state index contributed by atoms with van der Waals surface area (Å²) in [6.45, 7) is 4.39. The summed E-state index contributed by atoms with van der Waals surface area (Å²) in [4.78, 5) is 13.7. The molecule has 1 aliphatic carbocycles. The van der Waals surface area contributed by atoms with Gasteiger partial charge in [-0.25, -0.2) is 27.5 Å². The molecule has 2 N–H and O–H groups in total. The van der Waals surface area contributed by atoms with Gasteiger partial charge in [-0.3, -0.25) is 4.90 Å². The lowest BCUT2D eigenvalue weighted by Gasteiger charge is -2.41. The first-order valence-electron chi connectivity index (χ1n) is 13.3. The SMILES string of the molecule is CN1CCN(C2CCC(n3cc(-c4ccc(-c5ccc(F)c(F)c5F)c(F)c4)c4c(N)ncnc43)CC2)CC1. The van der Waals surface area contributed by atoms with Gasteiger partial charge in [0.05, 0.1) is 5.39 Å². The number of aromatic nitrogens is 3. The molecule has 10 heteroatoms. The number of piperazine rings is 1. The maximum Gasteiger partial charge on any atom is 0.195 e. The van der Waals surface area contributed by atoms with Crippen molar-refractivity contribution in [1.29, 1.82) is 0 Å². The second-order valence-corrected chi connectivity index (χ2v) is 10.6. The van der Waals surface area contributed by atoms with Gasteiger partial charge in [0.25, 0.3) is 0 Å². The zero-order valence-electron chi connectivity index (χ0n) is 21.7. The number of nitrogens with zero attached hydrogens (tertiary/aromatic N) is 5. The van der Waals surface area contributed by atoms with Crippen LogP contribution in [0.5, 0.6) is 0 Å². The molecule has 6 rings (SSSR count). The Hall–Kier alpha value is -3.50. The van der Waals surface area contributed by atoms with Crippen LogP contribution in [-0.2, 0) is 0 Å². The number of rotatable bonds is 4. The molecular weight excluding hydrogens is 508 g/mol. The van der Waals surface area contributed by atoms with E-state index in [0.29, 0.717) is 28.2 Å². The zero-order valence-corrected chi connectivity index (χ0v) is 21.7. The minimum atomic E-state index is -1.63. The number of anilines is 1. The lowest BCUT2D eigenvalue weighted by molar-refractivity contribution is 0.0828. The summed E-state index contributed by atoms with van der Waals surface area (Å²) in [7, 11) is 2.16. The Bertz CT molecular complexity index is 1520. The molecule has 204 valence electrons. The van der Waals surface area contributed by atoms with Crippen LogP contribution in [0.1, 0.15) is 31.7 Å². The number of nitrogen functional groups attached to an aromatic ring is 1. The summed E-state index contributed by atoms with van der Waals surface area (Å²) in [5, 5.41) is 0.629. The third kappa shape index (κ3) is 4.65. The zero-order chi connectivity index (χ0) is 27.3. The summed E-state index contributed by atoms with van der Waals surface area (Å²) < 4.78 is 59.0. The molecule has 6 nitrogen and oxygen atoms in total. The average molecular weight is 539 g/mol. The monoisotopic (exact) mass is 538 g/mol. The van der Waals surface area contributed by atoms with Gasteiger partial charge in [-0.2, -0.15) is 0 Å². The molecule has 1 saturated carbocycles. The summed E-state index contributed by atoms with van der Waals surface area (Å²) in [5.74, 6) is -4.86. The van der Waals surface area contributed by atoms with E-state index in [9.17, 15) is 13.2 Å².